The molecule has 0 saturated carbocycles. The fourth-order valence-corrected chi connectivity index (χ4v) is 6.90. The van der Waals surface area contributed by atoms with E-state index in [-0.39, 0.29) is 4.90 Å². The van der Waals surface area contributed by atoms with Crippen LogP contribution < -0.4 is 9.62 Å². The van der Waals surface area contributed by atoms with Crippen LogP contribution in [0.3, 0.4) is 0 Å². The number of hydrogen-bond acceptors (Lipinski definition) is 5. The summed E-state index contributed by atoms with van der Waals surface area (Å²) in [6, 6.07) is 9.68. The molecule has 186 valence electrons. The summed E-state index contributed by atoms with van der Waals surface area (Å²) in [5, 5.41) is 3.03. The highest BCUT2D eigenvalue weighted by atomic mass is 35.5. The van der Waals surface area contributed by atoms with E-state index in [2.05, 4.69) is 5.32 Å². The van der Waals surface area contributed by atoms with Crippen LogP contribution in [0.1, 0.15) is 38.2 Å². The molecular weight excluding hydrogens is 498 g/mol. The normalized spacial score (nSPS) is 16.5. The molecule has 1 amide bonds. The third kappa shape index (κ3) is 6.10. The zero-order valence-corrected chi connectivity index (χ0v) is 21.9. The lowest BCUT2D eigenvalue weighted by Crippen LogP contribution is -2.45. The first-order valence-electron chi connectivity index (χ1n) is 11.1. The SMILES string of the molecule is Cc1ccc(Cl)cc1N([C@@H](C)C(=O)Nc1ccc(S(=O)(=O)N2CCCCCC2)cc1)S(C)(=O)=O. The summed E-state index contributed by atoms with van der Waals surface area (Å²) in [7, 11) is -7.41. The molecule has 0 aliphatic carbocycles. The van der Waals surface area contributed by atoms with Crippen LogP contribution in [0.4, 0.5) is 11.4 Å². The molecular formula is C23H30ClN3O5S2. The largest absolute Gasteiger partial charge is 0.324 e. The first-order chi connectivity index (χ1) is 15.9. The third-order valence-electron chi connectivity index (χ3n) is 5.82. The fourth-order valence-electron chi connectivity index (χ4n) is 3.99. The number of hydrogen-bond donors (Lipinski definition) is 1. The minimum atomic E-state index is -3.81. The van der Waals surface area contributed by atoms with Crippen molar-refractivity contribution < 1.29 is 21.6 Å². The molecule has 1 aliphatic rings. The first-order valence-corrected chi connectivity index (χ1v) is 14.7. The van der Waals surface area contributed by atoms with Gasteiger partial charge in [0.2, 0.25) is 26.0 Å². The molecule has 1 fully saturated rings. The van der Waals surface area contributed by atoms with Crippen molar-refractivity contribution in [3.05, 3.63) is 53.1 Å². The molecule has 1 atom stereocenters. The van der Waals surface area contributed by atoms with Crippen LogP contribution in [0, 0.1) is 6.92 Å². The van der Waals surface area contributed by atoms with Crippen molar-refractivity contribution in [1.29, 1.82) is 0 Å². The lowest BCUT2D eigenvalue weighted by molar-refractivity contribution is -0.116. The summed E-state index contributed by atoms with van der Waals surface area (Å²) < 4.78 is 53.6. The molecule has 1 aliphatic heterocycles. The van der Waals surface area contributed by atoms with E-state index in [1.807, 2.05) is 0 Å². The van der Waals surface area contributed by atoms with Crippen LogP contribution in [-0.4, -0.2) is 52.4 Å². The minimum Gasteiger partial charge on any atom is -0.324 e. The maximum absolute atomic E-state index is 13.0. The van der Waals surface area contributed by atoms with E-state index in [1.54, 1.807) is 19.1 Å². The summed E-state index contributed by atoms with van der Waals surface area (Å²) in [5.74, 6) is -0.562. The van der Waals surface area contributed by atoms with Crippen molar-refractivity contribution in [1.82, 2.24) is 4.31 Å². The van der Waals surface area contributed by atoms with E-state index in [1.165, 1.54) is 41.6 Å². The maximum atomic E-state index is 13.0. The third-order valence-corrected chi connectivity index (χ3v) is 9.20. The number of carbonyl (C=O) groups excluding carboxylic acids is 1. The second kappa shape index (κ2) is 10.6. The van der Waals surface area contributed by atoms with Gasteiger partial charge in [0.15, 0.2) is 0 Å². The molecule has 8 nitrogen and oxygen atoms in total. The van der Waals surface area contributed by atoms with Gasteiger partial charge in [0.25, 0.3) is 0 Å². The molecule has 1 N–H and O–H groups in total. The Hall–Kier alpha value is -2.14. The smallest absolute Gasteiger partial charge is 0.247 e. The van der Waals surface area contributed by atoms with Crippen molar-refractivity contribution in [2.45, 2.75) is 50.5 Å². The molecule has 34 heavy (non-hydrogen) atoms. The Balaban J connectivity index is 1.79. The van der Waals surface area contributed by atoms with Crippen LogP contribution >= 0.6 is 11.6 Å². The summed E-state index contributed by atoms with van der Waals surface area (Å²) >= 11 is 6.07. The van der Waals surface area contributed by atoms with E-state index >= 15 is 0 Å². The molecule has 1 saturated heterocycles. The summed E-state index contributed by atoms with van der Waals surface area (Å²) in [6.07, 6.45) is 4.75. The van der Waals surface area contributed by atoms with E-state index < -0.39 is 32.0 Å². The monoisotopic (exact) mass is 527 g/mol. The Labute approximate surface area is 207 Å². The van der Waals surface area contributed by atoms with Crippen molar-refractivity contribution >= 4 is 48.9 Å². The van der Waals surface area contributed by atoms with Gasteiger partial charge in [0, 0.05) is 23.8 Å². The standard InChI is InChI=1S/C23H30ClN3O5S2/c1-17-8-9-19(24)16-22(17)27(33(3,29)30)18(2)23(28)25-20-10-12-21(13-11-20)34(31,32)26-14-6-4-5-7-15-26/h8-13,16,18H,4-7,14-15H2,1-3H3,(H,25,28)/t18-/m0/s1. The Morgan fingerprint density at radius 1 is 1.00 bits per heavy atom. The lowest BCUT2D eigenvalue weighted by Gasteiger charge is -2.29. The number of amides is 1. The highest BCUT2D eigenvalue weighted by Gasteiger charge is 2.31. The zero-order valence-electron chi connectivity index (χ0n) is 19.5. The zero-order chi connectivity index (χ0) is 25.1. The fraction of sp³-hybridized carbons (Fsp3) is 0.435. The Morgan fingerprint density at radius 2 is 1.59 bits per heavy atom. The van der Waals surface area contributed by atoms with Crippen LogP contribution in [0.15, 0.2) is 47.4 Å². The average Bonchev–Trinajstić information content (AvgIpc) is 3.06. The minimum absolute atomic E-state index is 0.160. The van der Waals surface area contributed by atoms with E-state index in [4.69, 9.17) is 11.6 Å². The van der Waals surface area contributed by atoms with Gasteiger partial charge in [-0.25, -0.2) is 16.8 Å². The average molecular weight is 528 g/mol. The number of nitrogens with zero attached hydrogens (tertiary/aromatic N) is 2. The Bertz CT molecular complexity index is 1240. The number of nitrogens with one attached hydrogen (secondary N) is 1. The van der Waals surface area contributed by atoms with Crippen molar-refractivity contribution in [3.63, 3.8) is 0 Å². The van der Waals surface area contributed by atoms with E-state index in [0.717, 1.165) is 36.2 Å². The van der Waals surface area contributed by atoms with Gasteiger partial charge in [-0.15, -0.1) is 0 Å². The Morgan fingerprint density at radius 3 is 2.15 bits per heavy atom. The van der Waals surface area contributed by atoms with Gasteiger partial charge in [0.1, 0.15) is 6.04 Å². The predicted molar refractivity (Wildman–Crippen MR) is 135 cm³/mol. The molecule has 11 heteroatoms. The molecule has 0 aromatic heterocycles. The highest BCUT2D eigenvalue weighted by molar-refractivity contribution is 7.92. The summed E-state index contributed by atoms with van der Waals surface area (Å²) in [6.45, 7) is 4.22. The second-order valence-corrected chi connectivity index (χ2v) is 12.7. The van der Waals surface area contributed by atoms with Gasteiger partial charge in [-0.1, -0.05) is 30.5 Å². The first kappa shape index (κ1) is 26.5. The van der Waals surface area contributed by atoms with Crippen molar-refractivity contribution in [2.24, 2.45) is 0 Å². The number of rotatable bonds is 7. The van der Waals surface area contributed by atoms with Crippen molar-refractivity contribution in [2.75, 3.05) is 29.0 Å². The van der Waals surface area contributed by atoms with Gasteiger partial charge >= 0.3 is 0 Å². The van der Waals surface area contributed by atoms with Gasteiger partial charge in [-0.05, 0) is 68.7 Å². The summed E-state index contributed by atoms with van der Waals surface area (Å²) in [4.78, 5) is 13.1. The Kier molecular flexibility index (Phi) is 8.28. The van der Waals surface area contributed by atoms with Gasteiger partial charge < -0.3 is 5.32 Å². The molecule has 0 unspecified atom stereocenters. The van der Waals surface area contributed by atoms with Crippen LogP contribution in [0.25, 0.3) is 0 Å². The predicted octanol–water partition coefficient (Wildman–Crippen LogP) is 4.01. The molecule has 2 aromatic carbocycles. The van der Waals surface area contributed by atoms with Crippen LogP contribution in [-0.2, 0) is 24.8 Å². The van der Waals surface area contributed by atoms with E-state index in [0.29, 0.717) is 35.1 Å². The summed E-state index contributed by atoms with van der Waals surface area (Å²) in [5.41, 5.74) is 1.33. The maximum Gasteiger partial charge on any atom is 0.247 e. The molecule has 1 heterocycles. The highest BCUT2D eigenvalue weighted by Crippen LogP contribution is 2.29. The number of carbonyl (C=O) groups is 1. The number of benzene rings is 2. The molecule has 0 radical (unpaired) electrons. The van der Waals surface area contributed by atoms with Gasteiger partial charge in [-0.2, -0.15) is 4.31 Å². The van der Waals surface area contributed by atoms with Crippen LogP contribution in [0.5, 0.6) is 0 Å². The number of anilines is 2. The van der Waals surface area contributed by atoms with E-state index in [9.17, 15) is 21.6 Å². The van der Waals surface area contributed by atoms with Gasteiger partial charge in [-0.3, -0.25) is 9.10 Å². The number of sulfonamides is 2. The topological polar surface area (TPSA) is 104 Å². The molecule has 3 rings (SSSR count). The number of aryl methyl sites for hydroxylation is 1. The molecule has 0 spiro atoms. The quantitative estimate of drug-likeness (QED) is 0.586. The molecule has 0 bridgehead atoms. The molecule has 2 aromatic rings. The van der Waals surface area contributed by atoms with Crippen molar-refractivity contribution in [3.8, 4) is 0 Å². The second-order valence-electron chi connectivity index (χ2n) is 8.50. The lowest BCUT2D eigenvalue weighted by atomic mass is 10.1. The number of halogens is 1. The van der Waals surface area contributed by atoms with Crippen LogP contribution in [0.2, 0.25) is 5.02 Å². The van der Waals surface area contributed by atoms with Gasteiger partial charge in [0.05, 0.1) is 16.8 Å².